The van der Waals surface area contributed by atoms with Gasteiger partial charge in [0.15, 0.2) is 0 Å². The highest BCUT2D eigenvalue weighted by molar-refractivity contribution is 4.94. The van der Waals surface area contributed by atoms with E-state index in [1.54, 1.807) is 0 Å². The minimum Gasteiger partial charge on any atom is -0.313 e. The molecule has 3 fully saturated rings. The van der Waals surface area contributed by atoms with Crippen molar-refractivity contribution >= 4 is 0 Å². The van der Waals surface area contributed by atoms with E-state index in [2.05, 4.69) is 19.2 Å². The van der Waals surface area contributed by atoms with Gasteiger partial charge in [0, 0.05) is 6.04 Å². The predicted octanol–water partition coefficient (Wildman–Crippen LogP) is 2.03. The highest BCUT2D eigenvalue weighted by Gasteiger charge is 2.39. The molecule has 11 heavy (non-hydrogen) atoms. The molecule has 0 aromatic carbocycles. The molecule has 1 unspecified atom stereocenters. The average Bonchev–Trinajstić information content (AvgIpc) is 1.83. The van der Waals surface area contributed by atoms with Gasteiger partial charge >= 0.3 is 0 Å². The third-order valence-corrected chi connectivity index (χ3v) is 3.24. The van der Waals surface area contributed by atoms with Gasteiger partial charge in [-0.2, -0.15) is 0 Å². The van der Waals surface area contributed by atoms with Gasteiger partial charge in [-0.05, 0) is 43.6 Å². The average molecular weight is 153 g/mol. The molecule has 0 amide bonds. The fraction of sp³-hybridized carbons (Fsp3) is 1.00. The van der Waals surface area contributed by atoms with Gasteiger partial charge in [0.05, 0.1) is 0 Å². The van der Waals surface area contributed by atoms with Crippen molar-refractivity contribution in [3.8, 4) is 0 Å². The van der Waals surface area contributed by atoms with Gasteiger partial charge in [0.2, 0.25) is 0 Å². The zero-order valence-electron chi connectivity index (χ0n) is 7.64. The third kappa shape index (κ3) is 1.44. The lowest BCUT2D eigenvalue weighted by atomic mass is 9.66. The summed E-state index contributed by atoms with van der Waals surface area (Å²) in [6.07, 6.45) is 4.42. The fourth-order valence-corrected chi connectivity index (χ4v) is 2.55. The van der Waals surface area contributed by atoms with Crippen LogP contribution >= 0.6 is 0 Å². The van der Waals surface area contributed by atoms with E-state index in [0.717, 1.165) is 23.8 Å². The molecule has 1 nitrogen and oxygen atoms in total. The topological polar surface area (TPSA) is 12.0 Å². The van der Waals surface area contributed by atoms with E-state index in [4.69, 9.17) is 0 Å². The van der Waals surface area contributed by atoms with Crippen molar-refractivity contribution in [1.29, 1.82) is 0 Å². The largest absolute Gasteiger partial charge is 0.313 e. The van der Waals surface area contributed by atoms with Crippen LogP contribution in [0.25, 0.3) is 0 Å². The normalized spacial score (nSPS) is 42.3. The number of fused-ring (bicyclic) bond motifs is 2. The molecule has 1 heteroatoms. The summed E-state index contributed by atoms with van der Waals surface area (Å²) in [5, 5.41) is 3.65. The molecule has 0 aromatic rings. The van der Waals surface area contributed by atoms with Gasteiger partial charge in [0.25, 0.3) is 0 Å². The van der Waals surface area contributed by atoms with E-state index < -0.39 is 0 Å². The molecule has 3 rings (SSSR count). The Bertz CT molecular complexity index is 133. The minimum atomic E-state index is 0.861. The molecule has 0 radical (unpaired) electrons. The van der Waals surface area contributed by atoms with Crippen LogP contribution in [0.2, 0.25) is 0 Å². The summed E-state index contributed by atoms with van der Waals surface area (Å²) in [5.74, 6) is 2.95. The fourth-order valence-electron chi connectivity index (χ4n) is 2.55. The molecule has 0 spiro atoms. The van der Waals surface area contributed by atoms with Crippen LogP contribution in [0.3, 0.4) is 0 Å². The van der Waals surface area contributed by atoms with Gasteiger partial charge in [-0.3, -0.25) is 0 Å². The lowest BCUT2D eigenvalue weighted by molar-refractivity contribution is 0.0727. The molecule has 1 N–H and O–H groups in total. The van der Waals surface area contributed by atoms with Gasteiger partial charge in [-0.15, -0.1) is 0 Å². The first-order chi connectivity index (χ1) is 5.25. The van der Waals surface area contributed by atoms with Gasteiger partial charge in [0.1, 0.15) is 0 Å². The highest BCUT2D eigenvalue weighted by atomic mass is 15.0. The summed E-state index contributed by atoms with van der Waals surface area (Å²) < 4.78 is 0. The summed E-state index contributed by atoms with van der Waals surface area (Å²) in [6, 6.07) is 0.861. The van der Waals surface area contributed by atoms with Crippen LogP contribution in [0.1, 0.15) is 33.1 Å². The van der Waals surface area contributed by atoms with Crippen molar-refractivity contribution in [3.05, 3.63) is 0 Å². The van der Waals surface area contributed by atoms with Crippen molar-refractivity contribution in [3.63, 3.8) is 0 Å². The lowest BCUT2D eigenvalue weighted by Gasteiger charge is -2.48. The third-order valence-electron chi connectivity index (χ3n) is 3.24. The van der Waals surface area contributed by atoms with Crippen LogP contribution < -0.4 is 5.32 Å². The second-order valence-electron chi connectivity index (χ2n) is 4.74. The maximum Gasteiger partial charge on any atom is 0.00980 e. The van der Waals surface area contributed by atoms with E-state index in [1.165, 1.54) is 25.8 Å². The van der Waals surface area contributed by atoms with E-state index in [0.29, 0.717) is 0 Å². The molecule has 2 saturated heterocycles. The van der Waals surface area contributed by atoms with Crippen LogP contribution in [0, 0.1) is 17.8 Å². The molecule has 1 saturated carbocycles. The van der Waals surface area contributed by atoms with Crippen molar-refractivity contribution in [2.75, 3.05) is 6.54 Å². The van der Waals surface area contributed by atoms with E-state index in [1.807, 2.05) is 0 Å². The van der Waals surface area contributed by atoms with E-state index in [9.17, 15) is 0 Å². The maximum atomic E-state index is 3.65. The molecule has 1 atom stereocenters. The minimum absolute atomic E-state index is 0.861. The predicted molar refractivity (Wildman–Crippen MR) is 47.5 cm³/mol. The number of nitrogens with one attached hydrogen (secondary N) is 1. The standard InChI is InChI=1S/C10H19N/c1-7(2)3-10-9-4-8(5-9)6-11-10/h7-11H,3-6H2,1-2H3. The first-order valence-electron chi connectivity index (χ1n) is 4.99. The smallest absolute Gasteiger partial charge is 0.00980 e. The van der Waals surface area contributed by atoms with Crippen LogP contribution in [-0.4, -0.2) is 12.6 Å². The first kappa shape index (κ1) is 7.60. The SMILES string of the molecule is CC(C)CC1NCC2CC1C2. The molecule has 2 heterocycles. The molecule has 64 valence electrons. The Morgan fingerprint density at radius 1 is 1.36 bits per heavy atom. The molecule has 0 aromatic heterocycles. The Morgan fingerprint density at radius 3 is 2.55 bits per heavy atom. The molecule has 1 aliphatic carbocycles. The highest BCUT2D eigenvalue weighted by Crippen LogP contribution is 2.41. The van der Waals surface area contributed by atoms with Crippen molar-refractivity contribution in [2.24, 2.45) is 17.8 Å². The van der Waals surface area contributed by atoms with Gasteiger partial charge in [-0.25, -0.2) is 0 Å². The summed E-state index contributed by atoms with van der Waals surface area (Å²) in [4.78, 5) is 0. The maximum absolute atomic E-state index is 3.65. The van der Waals surface area contributed by atoms with E-state index >= 15 is 0 Å². The van der Waals surface area contributed by atoms with Crippen molar-refractivity contribution in [2.45, 2.75) is 39.2 Å². The zero-order valence-corrected chi connectivity index (χ0v) is 7.64. The van der Waals surface area contributed by atoms with Crippen molar-refractivity contribution < 1.29 is 0 Å². The second kappa shape index (κ2) is 2.78. The van der Waals surface area contributed by atoms with Crippen LogP contribution in [0.15, 0.2) is 0 Å². The molecular weight excluding hydrogens is 134 g/mol. The Balaban J connectivity index is 1.83. The summed E-state index contributed by atoms with van der Waals surface area (Å²) in [6.45, 7) is 5.95. The van der Waals surface area contributed by atoms with Crippen LogP contribution in [0.5, 0.6) is 0 Å². The Morgan fingerprint density at radius 2 is 2.09 bits per heavy atom. The quantitative estimate of drug-likeness (QED) is 0.640. The summed E-state index contributed by atoms with van der Waals surface area (Å²) in [7, 11) is 0. The van der Waals surface area contributed by atoms with Gasteiger partial charge in [-0.1, -0.05) is 13.8 Å². The Hall–Kier alpha value is -0.0400. The first-order valence-corrected chi connectivity index (χ1v) is 4.99. The molecule has 2 aliphatic heterocycles. The van der Waals surface area contributed by atoms with Crippen molar-refractivity contribution in [1.82, 2.24) is 5.32 Å². The second-order valence-corrected chi connectivity index (χ2v) is 4.74. The number of rotatable bonds is 2. The van der Waals surface area contributed by atoms with Gasteiger partial charge < -0.3 is 5.32 Å². The molecule has 3 aliphatic rings. The summed E-state index contributed by atoms with van der Waals surface area (Å²) in [5.41, 5.74) is 0. The van der Waals surface area contributed by atoms with Crippen LogP contribution in [-0.2, 0) is 0 Å². The molecular formula is C10H19N. The Kier molecular flexibility index (Phi) is 1.92. The monoisotopic (exact) mass is 153 g/mol. The van der Waals surface area contributed by atoms with E-state index in [-0.39, 0.29) is 0 Å². The zero-order chi connectivity index (χ0) is 7.84. The number of piperidine rings is 2. The molecule has 2 bridgehead atoms. The number of hydrogen-bond acceptors (Lipinski definition) is 1. The number of hydrogen-bond donors (Lipinski definition) is 1. The van der Waals surface area contributed by atoms with Crippen LogP contribution in [0.4, 0.5) is 0 Å². The lowest BCUT2D eigenvalue weighted by Crippen LogP contribution is -2.53. The Labute approximate surface area is 69.6 Å². The summed E-state index contributed by atoms with van der Waals surface area (Å²) >= 11 is 0.